The molecule has 0 saturated carbocycles. The Kier molecular flexibility index (Phi) is 8.45. The molecule has 2 aliphatic heterocycles. The number of carbonyl (C=O) groups is 2. The van der Waals surface area contributed by atoms with Gasteiger partial charge in [0.25, 0.3) is 0 Å². The molecule has 3 aromatic rings. The lowest BCUT2D eigenvalue weighted by Crippen LogP contribution is -2.55. The molecule has 0 N–H and O–H groups in total. The van der Waals surface area contributed by atoms with Crippen LogP contribution in [-0.4, -0.2) is 75.6 Å². The van der Waals surface area contributed by atoms with Crippen LogP contribution in [0.15, 0.2) is 48.2 Å². The van der Waals surface area contributed by atoms with Crippen molar-refractivity contribution in [2.45, 2.75) is 45.8 Å². The Morgan fingerprint density at radius 1 is 1.26 bits per heavy atom. The third kappa shape index (κ3) is 5.33. The predicted molar refractivity (Wildman–Crippen MR) is 163 cm³/mol. The molecule has 1 aromatic carbocycles. The van der Waals surface area contributed by atoms with Crippen molar-refractivity contribution < 1.29 is 18.7 Å². The molecule has 2 aliphatic rings. The number of halogens is 2. The maximum absolute atomic E-state index is 15.5. The summed E-state index contributed by atoms with van der Waals surface area (Å²) in [5.41, 5.74) is 2.11. The van der Waals surface area contributed by atoms with Gasteiger partial charge in [0.1, 0.15) is 35.5 Å². The second-order valence-corrected chi connectivity index (χ2v) is 11.2. The molecule has 12 heteroatoms. The number of amidine groups is 1. The summed E-state index contributed by atoms with van der Waals surface area (Å²) >= 11 is 6.87. The minimum atomic E-state index is -0.695. The zero-order valence-corrected chi connectivity index (χ0v) is 25.5. The van der Waals surface area contributed by atoms with Crippen LogP contribution in [0.1, 0.15) is 56.7 Å². The average molecular weight is 606 g/mol. The molecule has 1 fully saturated rings. The van der Waals surface area contributed by atoms with E-state index in [4.69, 9.17) is 21.3 Å². The third-order valence-corrected chi connectivity index (χ3v) is 7.98. The fourth-order valence-corrected chi connectivity index (χ4v) is 5.91. The maximum Gasteiger partial charge on any atom is 0.246 e. The van der Waals surface area contributed by atoms with E-state index in [1.54, 1.807) is 37.1 Å². The van der Waals surface area contributed by atoms with Gasteiger partial charge in [-0.25, -0.2) is 19.3 Å². The van der Waals surface area contributed by atoms with Gasteiger partial charge < -0.3 is 14.5 Å². The van der Waals surface area contributed by atoms with Crippen molar-refractivity contribution in [1.82, 2.24) is 24.8 Å². The van der Waals surface area contributed by atoms with Gasteiger partial charge in [-0.05, 0) is 44.0 Å². The number of fused-ring (bicyclic) bond motifs is 5. The van der Waals surface area contributed by atoms with Gasteiger partial charge in [-0.15, -0.1) is 0 Å². The lowest BCUT2D eigenvalue weighted by atomic mass is 10.0. The number of benzene rings is 1. The van der Waals surface area contributed by atoms with Gasteiger partial charge in [0.05, 0.1) is 33.2 Å². The van der Waals surface area contributed by atoms with Crippen LogP contribution in [0.4, 0.5) is 15.9 Å². The van der Waals surface area contributed by atoms with Crippen molar-refractivity contribution in [1.29, 1.82) is 0 Å². The van der Waals surface area contributed by atoms with Gasteiger partial charge in [-0.1, -0.05) is 38.1 Å². The molecule has 2 unspecified atom stereocenters. The van der Waals surface area contributed by atoms with Crippen molar-refractivity contribution in [3.63, 3.8) is 0 Å². The molecule has 0 spiro atoms. The number of hydrogen-bond donors (Lipinski definition) is 0. The van der Waals surface area contributed by atoms with Crippen LogP contribution in [0.2, 0.25) is 5.02 Å². The van der Waals surface area contributed by atoms with E-state index in [0.29, 0.717) is 54.5 Å². The number of ether oxygens (including phenoxy) is 1. The van der Waals surface area contributed by atoms with Gasteiger partial charge in [-0.3, -0.25) is 19.5 Å². The van der Waals surface area contributed by atoms with Gasteiger partial charge in [-0.2, -0.15) is 0 Å². The summed E-state index contributed by atoms with van der Waals surface area (Å²) in [4.78, 5) is 49.1. The van der Waals surface area contributed by atoms with E-state index >= 15 is 4.39 Å². The van der Waals surface area contributed by atoms with Crippen LogP contribution in [0.5, 0.6) is 5.75 Å². The molecule has 43 heavy (non-hydrogen) atoms. The van der Waals surface area contributed by atoms with E-state index in [0.717, 1.165) is 0 Å². The van der Waals surface area contributed by atoms with Gasteiger partial charge in [0.15, 0.2) is 5.82 Å². The molecule has 2 atom stereocenters. The average Bonchev–Trinajstić information content (AvgIpc) is 2.99. The van der Waals surface area contributed by atoms with Gasteiger partial charge in [0, 0.05) is 32.7 Å². The highest BCUT2D eigenvalue weighted by Gasteiger charge is 2.35. The molecule has 5 rings (SSSR count). The standard InChI is InChI=1S/C31H33ClFN7O3/c1-7-24(42)38-11-12-39(18(4)14-38)30(34-6)20-13-21(32)28-25-22(33)9-8-10-23(25)43-19(5)27-29(40(16-41)31(20)37-28)26(17(2)3)35-15-36-27/h7-10,13,15-19H,1,11-12,14H2,2-6H3/b34-30+. The Bertz CT molecular complexity index is 1630. The molecular weight excluding hydrogens is 573 g/mol. The number of pyridine rings is 1. The quantitative estimate of drug-likeness (QED) is 0.172. The molecular formula is C31H33ClFN7O3. The first-order valence-electron chi connectivity index (χ1n) is 14.0. The number of hydrogen-bond acceptors (Lipinski definition) is 7. The SMILES string of the molecule is C=CC(=O)N1CCN(/C(=N/C)c2cc(Cl)c3nc2N(C=O)c2c(C(C)C)ncnc2C(C)Oc2cccc(F)c2-3)C(C)C1. The van der Waals surface area contributed by atoms with Crippen molar-refractivity contribution >= 4 is 41.3 Å². The number of amides is 2. The van der Waals surface area contributed by atoms with E-state index in [1.165, 1.54) is 23.4 Å². The first-order valence-corrected chi connectivity index (χ1v) is 14.4. The highest BCUT2D eigenvalue weighted by molar-refractivity contribution is 6.33. The normalized spacial score (nSPS) is 18.5. The van der Waals surface area contributed by atoms with Crippen LogP contribution < -0.4 is 9.64 Å². The zero-order chi connectivity index (χ0) is 31.0. The summed E-state index contributed by atoms with van der Waals surface area (Å²) in [6, 6.07) is 6.01. The Hall–Kier alpha value is -4.38. The van der Waals surface area contributed by atoms with E-state index in [1.807, 2.05) is 25.7 Å². The van der Waals surface area contributed by atoms with E-state index in [9.17, 15) is 9.59 Å². The summed E-state index contributed by atoms with van der Waals surface area (Å²) < 4.78 is 21.8. The lowest BCUT2D eigenvalue weighted by molar-refractivity contribution is -0.128. The van der Waals surface area contributed by atoms with Crippen molar-refractivity contribution in [2.24, 2.45) is 4.99 Å². The molecule has 1 saturated heterocycles. The van der Waals surface area contributed by atoms with E-state index in [-0.39, 0.29) is 45.7 Å². The van der Waals surface area contributed by atoms with Gasteiger partial charge in [0.2, 0.25) is 12.3 Å². The number of nitrogens with zero attached hydrogens (tertiary/aromatic N) is 7. The number of piperazine rings is 1. The largest absolute Gasteiger partial charge is 0.484 e. The summed E-state index contributed by atoms with van der Waals surface area (Å²) in [7, 11) is 1.64. The Balaban J connectivity index is 1.79. The monoisotopic (exact) mass is 605 g/mol. The lowest BCUT2D eigenvalue weighted by Gasteiger charge is -2.41. The first-order chi connectivity index (χ1) is 20.6. The van der Waals surface area contributed by atoms with E-state index < -0.39 is 11.9 Å². The number of aromatic nitrogens is 3. The zero-order valence-electron chi connectivity index (χ0n) is 24.7. The minimum Gasteiger partial charge on any atom is -0.484 e. The highest BCUT2D eigenvalue weighted by Crippen LogP contribution is 2.45. The predicted octanol–water partition coefficient (Wildman–Crippen LogP) is 5.30. The molecule has 2 bridgehead atoms. The van der Waals surface area contributed by atoms with Crippen molar-refractivity contribution in [3.05, 3.63) is 71.0 Å². The number of carbonyl (C=O) groups excluding carboxylic acids is 2. The third-order valence-electron chi connectivity index (χ3n) is 7.70. The topological polar surface area (TPSA) is 104 Å². The first kappa shape index (κ1) is 30.1. The number of anilines is 2. The minimum absolute atomic E-state index is 0.0690. The maximum atomic E-state index is 15.5. The highest BCUT2D eigenvalue weighted by atomic mass is 35.5. The fourth-order valence-electron chi connectivity index (χ4n) is 5.67. The molecule has 10 nitrogen and oxygen atoms in total. The molecule has 224 valence electrons. The van der Waals surface area contributed by atoms with Crippen LogP contribution in [0.3, 0.4) is 0 Å². The van der Waals surface area contributed by atoms with Crippen LogP contribution in [-0.2, 0) is 9.59 Å². The van der Waals surface area contributed by atoms with Crippen LogP contribution in [0, 0.1) is 5.82 Å². The Morgan fingerprint density at radius 3 is 2.67 bits per heavy atom. The van der Waals surface area contributed by atoms with Gasteiger partial charge >= 0.3 is 0 Å². The second kappa shape index (κ2) is 12.1. The number of rotatable bonds is 4. The van der Waals surface area contributed by atoms with Crippen LogP contribution >= 0.6 is 11.6 Å². The molecule has 2 amide bonds. The van der Waals surface area contributed by atoms with Crippen molar-refractivity contribution in [2.75, 3.05) is 31.6 Å². The molecule has 0 radical (unpaired) electrons. The molecule has 0 aliphatic carbocycles. The van der Waals surface area contributed by atoms with Crippen molar-refractivity contribution in [3.8, 4) is 17.0 Å². The Morgan fingerprint density at radius 2 is 2.02 bits per heavy atom. The second-order valence-electron chi connectivity index (χ2n) is 10.8. The van der Waals surface area contributed by atoms with Crippen LogP contribution in [0.25, 0.3) is 11.3 Å². The summed E-state index contributed by atoms with van der Waals surface area (Å²) in [5, 5.41) is 0.149. The Labute approximate surface area is 254 Å². The summed E-state index contributed by atoms with van der Waals surface area (Å²) in [5.74, 6) is 0.116. The smallest absolute Gasteiger partial charge is 0.246 e. The molecule has 4 heterocycles. The number of aliphatic imine (C=N–C) groups is 1. The molecule has 2 aromatic heterocycles. The fraction of sp³-hybridized carbons (Fsp3) is 0.355. The summed E-state index contributed by atoms with van der Waals surface area (Å²) in [6.45, 7) is 12.7. The van der Waals surface area contributed by atoms with E-state index in [2.05, 4.69) is 21.5 Å². The summed E-state index contributed by atoms with van der Waals surface area (Å²) in [6.07, 6.45) is 2.68.